The minimum absolute atomic E-state index is 0.0869. The minimum Gasteiger partial charge on any atom is -0.493 e. The van der Waals surface area contributed by atoms with Gasteiger partial charge in [-0.2, -0.15) is 0 Å². The Bertz CT molecular complexity index is 1170. The van der Waals surface area contributed by atoms with E-state index in [9.17, 15) is 0 Å². The molecule has 0 atom stereocenters. The van der Waals surface area contributed by atoms with Crippen LogP contribution in [0.3, 0.4) is 0 Å². The maximum absolute atomic E-state index is 6.73. The van der Waals surface area contributed by atoms with Crippen LogP contribution < -0.4 is 9.47 Å². The Morgan fingerprint density at radius 3 is 2.21 bits per heavy atom. The van der Waals surface area contributed by atoms with Crippen molar-refractivity contribution >= 4 is 21.0 Å². The van der Waals surface area contributed by atoms with E-state index in [4.69, 9.17) is 28.2 Å². The Balaban J connectivity index is 2.07. The van der Waals surface area contributed by atoms with E-state index < -0.39 is 26.6 Å². The summed E-state index contributed by atoms with van der Waals surface area (Å²) in [5.41, 5.74) is 3.78. The number of hydrogen-bond acceptors (Lipinski definition) is 6. The van der Waals surface area contributed by atoms with Gasteiger partial charge in [0.1, 0.15) is 0 Å². The Morgan fingerprint density at radius 1 is 1.00 bits per heavy atom. The lowest BCUT2D eigenvalue weighted by atomic mass is 9.75. The van der Waals surface area contributed by atoms with Gasteiger partial charge in [0.25, 0.3) is 0 Å². The van der Waals surface area contributed by atoms with Crippen LogP contribution in [-0.4, -0.2) is 51.9 Å². The van der Waals surface area contributed by atoms with Crippen LogP contribution in [-0.2, 0) is 13.7 Å². The molecule has 1 saturated heterocycles. The van der Waals surface area contributed by atoms with Gasteiger partial charge >= 0.3 is 7.12 Å². The van der Waals surface area contributed by atoms with Crippen LogP contribution in [0.1, 0.15) is 74.4 Å². The van der Waals surface area contributed by atoms with Gasteiger partial charge in [-0.15, -0.1) is 0 Å². The van der Waals surface area contributed by atoms with Gasteiger partial charge in [-0.05, 0) is 101 Å². The summed E-state index contributed by atoms with van der Waals surface area (Å²) in [5, 5.41) is 0.0869. The molecule has 214 valence electrons. The van der Waals surface area contributed by atoms with E-state index in [0.29, 0.717) is 19.0 Å². The van der Waals surface area contributed by atoms with Gasteiger partial charge in [0.2, 0.25) is 0 Å². The maximum Gasteiger partial charge on any atom is 0.490 e. The first kappa shape index (κ1) is 31.4. The number of rotatable bonds is 10. The van der Waals surface area contributed by atoms with Crippen molar-refractivity contribution in [1.82, 2.24) is 4.98 Å². The molecular formula is C31H48BNO5Si. The third kappa shape index (κ3) is 6.96. The van der Waals surface area contributed by atoms with E-state index in [1.807, 2.05) is 36.4 Å². The van der Waals surface area contributed by atoms with Crippen molar-refractivity contribution in [3.63, 3.8) is 0 Å². The molecule has 0 unspecified atom stereocenters. The fraction of sp³-hybridized carbons (Fsp3) is 0.581. The van der Waals surface area contributed by atoms with Gasteiger partial charge in [0, 0.05) is 5.56 Å². The molecule has 0 amide bonds. The molecule has 8 heteroatoms. The SMILES string of the molecule is CCCOc1cc(-c2cccc(/C(CO[Si](C)(C)C(C)(C)C)=C(\C)B3OC(C)(C)C(C)(C)O3)n2)ccc1OC. The van der Waals surface area contributed by atoms with Gasteiger partial charge in [-0.1, -0.05) is 33.8 Å². The highest BCUT2D eigenvalue weighted by molar-refractivity contribution is 6.74. The standard InChI is InChI=1S/C31H48BNO5Si/c1-13-19-35-28-20-23(17-18-27(28)34-10)25-15-14-16-26(33-25)24(21-36-39(11,12)29(3,4)5)22(2)32-37-30(6,7)31(8,9)38-32/h14-18,20H,13,19,21H2,1-12H3/b24-22+. The average molecular weight is 554 g/mol. The first-order valence-corrected chi connectivity index (χ1v) is 16.9. The predicted octanol–water partition coefficient (Wildman–Crippen LogP) is 7.97. The molecule has 0 spiro atoms. The third-order valence-corrected chi connectivity index (χ3v) is 12.9. The van der Waals surface area contributed by atoms with Crippen LogP contribution in [0.2, 0.25) is 18.1 Å². The van der Waals surface area contributed by atoms with Gasteiger partial charge in [0.15, 0.2) is 19.8 Å². The highest BCUT2D eigenvalue weighted by Gasteiger charge is 2.52. The van der Waals surface area contributed by atoms with Crippen molar-refractivity contribution in [2.24, 2.45) is 0 Å². The average Bonchev–Trinajstić information content (AvgIpc) is 3.08. The van der Waals surface area contributed by atoms with E-state index in [0.717, 1.165) is 40.2 Å². The van der Waals surface area contributed by atoms with Crippen LogP contribution in [0.15, 0.2) is 41.9 Å². The normalized spacial score (nSPS) is 17.7. The van der Waals surface area contributed by atoms with E-state index in [1.54, 1.807) is 7.11 Å². The molecule has 6 nitrogen and oxygen atoms in total. The van der Waals surface area contributed by atoms with E-state index in [-0.39, 0.29) is 5.04 Å². The van der Waals surface area contributed by atoms with E-state index >= 15 is 0 Å². The van der Waals surface area contributed by atoms with E-state index in [2.05, 4.69) is 75.4 Å². The second-order valence-electron chi connectivity index (χ2n) is 12.9. The molecule has 3 rings (SSSR count). The highest BCUT2D eigenvalue weighted by atomic mass is 28.4. The summed E-state index contributed by atoms with van der Waals surface area (Å²) in [6.45, 7) is 24.8. The zero-order chi connectivity index (χ0) is 29.2. The van der Waals surface area contributed by atoms with Crippen molar-refractivity contribution in [3.8, 4) is 22.8 Å². The quantitative estimate of drug-likeness (QED) is 0.278. The van der Waals surface area contributed by atoms with Gasteiger partial charge in [-0.3, -0.25) is 0 Å². The zero-order valence-electron chi connectivity index (χ0n) is 26.2. The summed E-state index contributed by atoms with van der Waals surface area (Å²) in [7, 11) is -0.846. The Morgan fingerprint density at radius 2 is 1.64 bits per heavy atom. The third-order valence-electron chi connectivity index (χ3n) is 8.45. The van der Waals surface area contributed by atoms with Gasteiger partial charge < -0.3 is 23.2 Å². The molecule has 0 aliphatic carbocycles. The minimum atomic E-state index is -2.03. The molecular weight excluding hydrogens is 505 g/mol. The lowest BCUT2D eigenvalue weighted by Gasteiger charge is -2.36. The number of aromatic nitrogens is 1. The number of ether oxygens (including phenoxy) is 2. The van der Waals surface area contributed by atoms with Crippen molar-refractivity contribution < 1.29 is 23.2 Å². The van der Waals surface area contributed by atoms with Crippen molar-refractivity contribution in [1.29, 1.82) is 0 Å². The van der Waals surface area contributed by atoms with Crippen LogP contribution in [0.4, 0.5) is 0 Å². The molecule has 0 radical (unpaired) electrons. The lowest BCUT2D eigenvalue weighted by Crippen LogP contribution is -2.41. The number of allylic oxidation sites excluding steroid dienone is 1. The summed E-state index contributed by atoms with van der Waals surface area (Å²) in [5.74, 6) is 1.43. The molecule has 2 heterocycles. The highest BCUT2D eigenvalue weighted by Crippen LogP contribution is 2.41. The maximum atomic E-state index is 6.73. The molecule has 1 fully saturated rings. The van der Waals surface area contributed by atoms with Crippen molar-refractivity contribution in [2.45, 2.75) is 98.1 Å². The summed E-state index contributed by atoms with van der Waals surface area (Å²) in [6.07, 6.45) is 0.918. The van der Waals surface area contributed by atoms with Crippen LogP contribution in [0, 0.1) is 0 Å². The first-order chi connectivity index (χ1) is 18.0. The fourth-order valence-corrected chi connectivity index (χ4v) is 4.88. The largest absolute Gasteiger partial charge is 0.493 e. The summed E-state index contributed by atoms with van der Waals surface area (Å²) < 4.78 is 31.1. The zero-order valence-corrected chi connectivity index (χ0v) is 27.2. The molecule has 39 heavy (non-hydrogen) atoms. The topological polar surface area (TPSA) is 59.0 Å². The smallest absolute Gasteiger partial charge is 0.490 e. The Hall–Kier alpha value is -2.13. The number of methoxy groups -OCH3 is 1. The Labute approximate surface area is 237 Å². The molecule has 0 N–H and O–H groups in total. The molecule has 2 aromatic rings. The van der Waals surface area contributed by atoms with Crippen LogP contribution in [0.25, 0.3) is 16.8 Å². The number of nitrogens with zero attached hydrogens (tertiary/aromatic N) is 1. The number of hydrogen-bond donors (Lipinski definition) is 0. The fourth-order valence-electron chi connectivity index (χ4n) is 3.95. The molecule has 0 saturated carbocycles. The second kappa shape index (κ2) is 11.8. The molecule has 1 aliphatic rings. The summed E-state index contributed by atoms with van der Waals surface area (Å²) in [4.78, 5) is 5.12. The van der Waals surface area contributed by atoms with Crippen molar-refractivity contribution in [3.05, 3.63) is 47.6 Å². The first-order valence-electron chi connectivity index (χ1n) is 14.0. The lowest BCUT2D eigenvalue weighted by molar-refractivity contribution is 0.00578. The van der Waals surface area contributed by atoms with Crippen LogP contribution in [0.5, 0.6) is 11.5 Å². The summed E-state index contributed by atoms with van der Waals surface area (Å²) >= 11 is 0. The molecule has 1 aromatic carbocycles. The second-order valence-corrected chi connectivity index (χ2v) is 17.7. The molecule has 1 aromatic heterocycles. The monoisotopic (exact) mass is 553 g/mol. The molecule has 1 aliphatic heterocycles. The van der Waals surface area contributed by atoms with Crippen molar-refractivity contribution in [2.75, 3.05) is 20.3 Å². The number of pyridine rings is 1. The predicted molar refractivity (Wildman–Crippen MR) is 164 cm³/mol. The van der Waals surface area contributed by atoms with Crippen LogP contribution >= 0.6 is 0 Å². The van der Waals surface area contributed by atoms with E-state index in [1.165, 1.54) is 0 Å². The van der Waals surface area contributed by atoms with Gasteiger partial charge in [0.05, 0.1) is 42.9 Å². The van der Waals surface area contributed by atoms with Gasteiger partial charge in [-0.25, -0.2) is 4.98 Å². The molecule has 0 bridgehead atoms. The summed E-state index contributed by atoms with van der Waals surface area (Å²) in [6, 6.07) is 12.0. The number of benzene rings is 1. The Kier molecular flexibility index (Phi) is 9.48.